The summed E-state index contributed by atoms with van der Waals surface area (Å²) in [5, 5.41) is 2.24. The van der Waals surface area contributed by atoms with E-state index in [1.165, 1.54) is 17.3 Å². The number of pyridine rings is 1. The summed E-state index contributed by atoms with van der Waals surface area (Å²) in [4.78, 5) is 17.8. The maximum atomic E-state index is 12.4. The third kappa shape index (κ3) is 4.40. The molecular weight excluding hydrogens is 382 g/mol. The van der Waals surface area contributed by atoms with E-state index in [0.29, 0.717) is 6.61 Å². The summed E-state index contributed by atoms with van der Waals surface area (Å²) in [5.41, 5.74) is 2.29. The number of carbonyl (C=O) groups excluding carboxylic acids is 1. The van der Waals surface area contributed by atoms with Gasteiger partial charge < -0.3 is 9.47 Å². The summed E-state index contributed by atoms with van der Waals surface area (Å²) in [6, 6.07) is 14.4. The lowest BCUT2D eigenvalue weighted by atomic mass is 9.90. The zero-order valence-corrected chi connectivity index (χ0v) is 18.4. The molecule has 1 unspecified atom stereocenters. The summed E-state index contributed by atoms with van der Waals surface area (Å²) in [7, 11) is 1.69. The normalized spacial score (nSPS) is 12.6. The number of aromatic nitrogens is 1. The fourth-order valence-corrected chi connectivity index (χ4v) is 4.62. The fraction of sp³-hybridized carbons (Fsp3) is 0.333. The molecule has 4 nitrogen and oxygen atoms in total. The lowest BCUT2D eigenvalue weighted by Crippen LogP contribution is -2.30. The Hall–Kier alpha value is -2.53. The first kappa shape index (κ1) is 21.2. The molecule has 0 N–H and O–H groups in total. The summed E-state index contributed by atoms with van der Waals surface area (Å²) in [6.45, 7) is 8.17. The highest BCUT2D eigenvalue weighted by Crippen LogP contribution is 2.41. The molecule has 0 spiro atoms. The standard InChI is InChI=1S/C24H27NO3S/c1-6-28-23(26)24(3,4)29-22-13-14-25-15-20(22)16(2)17-11-12-21(27-5)19-10-8-7-9-18(17)19/h7-16H,6H2,1-5H3. The van der Waals surface area contributed by atoms with Gasteiger partial charge in [-0.1, -0.05) is 37.3 Å². The molecule has 0 aliphatic heterocycles. The average molecular weight is 410 g/mol. The van der Waals surface area contributed by atoms with Crippen LogP contribution in [0.2, 0.25) is 0 Å². The van der Waals surface area contributed by atoms with E-state index in [-0.39, 0.29) is 11.9 Å². The van der Waals surface area contributed by atoms with Crippen LogP contribution in [0.3, 0.4) is 0 Å². The van der Waals surface area contributed by atoms with Crippen LogP contribution in [-0.4, -0.2) is 29.4 Å². The van der Waals surface area contributed by atoms with Crippen LogP contribution in [0.15, 0.2) is 59.8 Å². The number of nitrogens with zero attached hydrogens (tertiary/aromatic N) is 1. The maximum absolute atomic E-state index is 12.4. The van der Waals surface area contributed by atoms with Gasteiger partial charge in [0.05, 0.1) is 13.7 Å². The minimum atomic E-state index is -0.687. The van der Waals surface area contributed by atoms with Gasteiger partial charge in [0.1, 0.15) is 10.5 Å². The molecule has 1 atom stereocenters. The number of methoxy groups -OCH3 is 1. The van der Waals surface area contributed by atoms with Crippen molar-refractivity contribution in [3.8, 4) is 5.75 Å². The molecule has 0 radical (unpaired) electrons. The van der Waals surface area contributed by atoms with Crippen LogP contribution in [-0.2, 0) is 9.53 Å². The lowest BCUT2D eigenvalue weighted by Gasteiger charge is -2.25. The third-order valence-corrected chi connectivity index (χ3v) is 6.28. The molecule has 29 heavy (non-hydrogen) atoms. The van der Waals surface area contributed by atoms with Crippen molar-refractivity contribution in [1.82, 2.24) is 4.98 Å². The Morgan fingerprint density at radius 3 is 2.52 bits per heavy atom. The second-order valence-corrected chi connectivity index (χ2v) is 9.04. The quantitative estimate of drug-likeness (QED) is 0.363. The summed E-state index contributed by atoms with van der Waals surface area (Å²) >= 11 is 1.52. The minimum Gasteiger partial charge on any atom is -0.496 e. The number of thioether (sulfide) groups is 1. The first-order valence-corrected chi connectivity index (χ1v) is 10.6. The number of esters is 1. The van der Waals surface area contributed by atoms with E-state index in [9.17, 15) is 4.79 Å². The smallest absolute Gasteiger partial charge is 0.321 e. The van der Waals surface area contributed by atoms with Crippen molar-refractivity contribution in [1.29, 1.82) is 0 Å². The SMILES string of the molecule is CCOC(=O)C(C)(C)Sc1ccncc1C(C)c1ccc(OC)c2ccccc12. The first-order chi connectivity index (χ1) is 13.9. The molecule has 1 aromatic heterocycles. The van der Waals surface area contributed by atoms with E-state index in [4.69, 9.17) is 9.47 Å². The van der Waals surface area contributed by atoms with Crippen LogP contribution in [0.5, 0.6) is 5.75 Å². The minimum absolute atomic E-state index is 0.0972. The largest absolute Gasteiger partial charge is 0.496 e. The van der Waals surface area contributed by atoms with E-state index in [1.807, 2.05) is 51.2 Å². The predicted octanol–water partition coefficient (Wildman–Crippen LogP) is 5.83. The van der Waals surface area contributed by atoms with Gasteiger partial charge in [0.2, 0.25) is 0 Å². The molecule has 0 saturated heterocycles. The lowest BCUT2D eigenvalue weighted by molar-refractivity contribution is -0.145. The van der Waals surface area contributed by atoms with E-state index >= 15 is 0 Å². The fourth-order valence-electron chi connectivity index (χ4n) is 3.45. The van der Waals surface area contributed by atoms with Gasteiger partial charge in [-0.25, -0.2) is 0 Å². The molecule has 2 aromatic carbocycles. The van der Waals surface area contributed by atoms with Crippen LogP contribution in [0.4, 0.5) is 0 Å². The highest BCUT2D eigenvalue weighted by Gasteiger charge is 2.32. The maximum Gasteiger partial charge on any atom is 0.321 e. The molecule has 5 heteroatoms. The molecule has 1 heterocycles. The molecule has 0 saturated carbocycles. The molecule has 3 aromatic rings. The molecule has 0 amide bonds. The summed E-state index contributed by atoms with van der Waals surface area (Å²) in [5.74, 6) is 0.746. The molecule has 0 aliphatic carbocycles. The molecule has 3 rings (SSSR count). The molecule has 0 fully saturated rings. The van der Waals surface area contributed by atoms with Crippen molar-refractivity contribution < 1.29 is 14.3 Å². The van der Waals surface area contributed by atoms with Gasteiger partial charge in [-0.2, -0.15) is 0 Å². The monoisotopic (exact) mass is 409 g/mol. The van der Waals surface area contributed by atoms with Crippen LogP contribution in [0.25, 0.3) is 10.8 Å². The Kier molecular flexibility index (Phi) is 6.48. The number of rotatable bonds is 7. The van der Waals surface area contributed by atoms with Crippen LogP contribution in [0, 0.1) is 0 Å². The Balaban J connectivity index is 2.03. The molecule has 0 bridgehead atoms. The third-order valence-electron chi connectivity index (χ3n) is 5.01. The molecular formula is C24H27NO3S. The average Bonchev–Trinajstić information content (AvgIpc) is 2.72. The molecule has 0 aliphatic rings. The van der Waals surface area contributed by atoms with Gasteiger partial charge >= 0.3 is 5.97 Å². The second-order valence-electron chi connectivity index (χ2n) is 7.37. The Labute approximate surface area is 176 Å². The highest BCUT2D eigenvalue weighted by molar-refractivity contribution is 8.01. The van der Waals surface area contributed by atoms with E-state index in [1.54, 1.807) is 13.3 Å². The van der Waals surface area contributed by atoms with E-state index in [0.717, 1.165) is 27.0 Å². The van der Waals surface area contributed by atoms with Crippen molar-refractivity contribution in [3.05, 3.63) is 66.0 Å². The van der Waals surface area contributed by atoms with Gasteiger partial charge in [0.25, 0.3) is 0 Å². The van der Waals surface area contributed by atoms with Crippen LogP contribution in [0.1, 0.15) is 44.7 Å². The number of fused-ring (bicyclic) bond motifs is 1. The van der Waals surface area contributed by atoms with Gasteiger partial charge in [-0.3, -0.25) is 9.78 Å². The van der Waals surface area contributed by atoms with E-state index < -0.39 is 4.75 Å². The zero-order valence-electron chi connectivity index (χ0n) is 17.6. The van der Waals surface area contributed by atoms with Crippen molar-refractivity contribution in [3.63, 3.8) is 0 Å². The number of hydrogen-bond donors (Lipinski definition) is 0. The van der Waals surface area contributed by atoms with Crippen LogP contribution < -0.4 is 4.74 Å². The predicted molar refractivity (Wildman–Crippen MR) is 119 cm³/mol. The number of hydrogen-bond acceptors (Lipinski definition) is 5. The zero-order chi connectivity index (χ0) is 21.0. The summed E-state index contributed by atoms with van der Waals surface area (Å²) < 4.78 is 10.1. The van der Waals surface area contributed by atoms with Gasteiger partial charge in [0, 0.05) is 28.6 Å². The number of ether oxygens (including phenoxy) is 2. The summed E-state index contributed by atoms with van der Waals surface area (Å²) in [6.07, 6.45) is 3.67. The van der Waals surface area contributed by atoms with Gasteiger partial charge in [-0.05, 0) is 49.4 Å². The van der Waals surface area contributed by atoms with E-state index in [2.05, 4.69) is 30.1 Å². The van der Waals surface area contributed by atoms with Crippen LogP contribution >= 0.6 is 11.8 Å². The number of benzene rings is 2. The van der Waals surface area contributed by atoms with Gasteiger partial charge in [-0.15, -0.1) is 11.8 Å². The van der Waals surface area contributed by atoms with Crippen molar-refractivity contribution in [2.75, 3.05) is 13.7 Å². The first-order valence-electron chi connectivity index (χ1n) is 9.74. The number of carbonyl (C=O) groups is 1. The second kappa shape index (κ2) is 8.87. The molecule has 152 valence electrons. The van der Waals surface area contributed by atoms with Crippen molar-refractivity contribution >= 4 is 28.5 Å². The highest BCUT2D eigenvalue weighted by atomic mass is 32.2. The van der Waals surface area contributed by atoms with Crippen molar-refractivity contribution in [2.24, 2.45) is 0 Å². The Morgan fingerprint density at radius 1 is 1.10 bits per heavy atom. The Bertz CT molecular complexity index is 1020. The van der Waals surface area contributed by atoms with Gasteiger partial charge in [0.15, 0.2) is 0 Å². The Morgan fingerprint density at radius 2 is 1.83 bits per heavy atom. The van der Waals surface area contributed by atoms with Crippen molar-refractivity contribution in [2.45, 2.75) is 43.3 Å². The topological polar surface area (TPSA) is 48.4 Å².